The van der Waals surface area contributed by atoms with Crippen molar-refractivity contribution < 1.29 is 17.9 Å². The van der Waals surface area contributed by atoms with Gasteiger partial charge in [-0.1, -0.05) is 29.3 Å². The Hall–Kier alpha value is -1.64. The van der Waals surface area contributed by atoms with Crippen molar-refractivity contribution in [1.82, 2.24) is 4.31 Å². The summed E-state index contributed by atoms with van der Waals surface area (Å²) in [6.45, 7) is 2.93. The van der Waals surface area contributed by atoms with Gasteiger partial charge in [-0.3, -0.25) is 4.79 Å². The predicted octanol–water partition coefficient (Wildman–Crippen LogP) is 3.58. The Morgan fingerprint density at radius 3 is 2.52 bits per heavy atom. The normalized spacial score (nSPS) is 15.5. The maximum atomic E-state index is 12.9. The molecular weight excluding hydrogens is 411 g/mol. The van der Waals surface area contributed by atoms with Gasteiger partial charge in [0.15, 0.2) is 0 Å². The van der Waals surface area contributed by atoms with Gasteiger partial charge in [0, 0.05) is 29.4 Å². The Labute approximate surface area is 168 Å². The summed E-state index contributed by atoms with van der Waals surface area (Å²) in [7, 11) is -3.82. The summed E-state index contributed by atoms with van der Waals surface area (Å²) in [5.41, 5.74) is 1.47. The van der Waals surface area contributed by atoms with Gasteiger partial charge in [-0.15, -0.1) is 0 Å². The number of nitrogens with zero attached hydrogens (tertiary/aromatic N) is 1. The van der Waals surface area contributed by atoms with Crippen LogP contribution in [0.5, 0.6) is 0 Å². The highest BCUT2D eigenvalue weighted by molar-refractivity contribution is 7.89. The van der Waals surface area contributed by atoms with Crippen LogP contribution in [-0.4, -0.2) is 44.9 Å². The lowest BCUT2D eigenvalue weighted by atomic mass is 10.1. The first kappa shape index (κ1) is 20.1. The van der Waals surface area contributed by atoms with Gasteiger partial charge in [0.25, 0.3) is 5.91 Å². The van der Waals surface area contributed by atoms with Crippen LogP contribution in [0.4, 0.5) is 5.69 Å². The van der Waals surface area contributed by atoms with E-state index in [4.69, 9.17) is 27.9 Å². The number of halogens is 2. The quantitative estimate of drug-likeness (QED) is 0.807. The molecule has 1 aliphatic heterocycles. The Morgan fingerprint density at radius 2 is 1.81 bits per heavy atom. The number of hydrogen-bond acceptors (Lipinski definition) is 4. The number of amides is 1. The number of anilines is 1. The maximum Gasteiger partial charge on any atom is 0.255 e. The minimum absolute atomic E-state index is 0.0666. The third-order valence-electron chi connectivity index (χ3n) is 4.30. The molecule has 0 unspecified atom stereocenters. The molecule has 6 nitrogen and oxygen atoms in total. The van der Waals surface area contributed by atoms with Crippen molar-refractivity contribution in [2.24, 2.45) is 0 Å². The Morgan fingerprint density at radius 1 is 1.11 bits per heavy atom. The zero-order valence-electron chi connectivity index (χ0n) is 14.5. The van der Waals surface area contributed by atoms with E-state index in [-0.39, 0.29) is 28.6 Å². The molecule has 3 rings (SSSR count). The molecule has 1 fully saturated rings. The molecule has 1 amide bonds. The number of morpholine rings is 1. The van der Waals surface area contributed by atoms with E-state index in [0.717, 1.165) is 5.56 Å². The minimum Gasteiger partial charge on any atom is -0.379 e. The lowest BCUT2D eigenvalue weighted by molar-refractivity contribution is 0.0730. The molecule has 1 heterocycles. The fourth-order valence-corrected chi connectivity index (χ4v) is 4.79. The molecule has 0 atom stereocenters. The summed E-state index contributed by atoms with van der Waals surface area (Å²) in [4.78, 5) is 12.5. The standard InChI is InChI=1S/C18H18Cl2N2O4S/c1-12-14(19)3-2-4-16(12)21-18(23)13-5-6-15(20)17(11-13)27(24,25)22-7-9-26-10-8-22/h2-6,11H,7-10H2,1H3,(H,21,23). The largest absolute Gasteiger partial charge is 0.379 e. The Balaban J connectivity index is 1.90. The molecule has 1 N–H and O–H groups in total. The van der Waals surface area contributed by atoms with Gasteiger partial charge in [0.2, 0.25) is 10.0 Å². The third-order valence-corrected chi connectivity index (χ3v) is 7.09. The molecular formula is C18H18Cl2N2O4S. The molecule has 0 radical (unpaired) electrons. The molecule has 2 aromatic rings. The van der Waals surface area contributed by atoms with Crippen molar-refractivity contribution in [3.05, 3.63) is 57.6 Å². The van der Waals surface area contributed by atoms with Crippen LogP contribution in [0.2, 0.25) is 10.0 Å². The van der Waals surface area contributed by atoms with Crippen LogP contribution in [0.15, 0.2) is 41.3 Å². The number of rotatable bonds is 4. The summed E-state index contributed by atoms with van der Waals surface area (Å²) in [6, 6.07) is 9.36. The van der Waals surface area contributed by atoms with Crippen molar-refractivity contribution in [2.45, 2.75) is 11.8 Å². The summed E-state index contributed by atoms with van der Waals surface area (Å²) in [6.07, 6.45) is 0. The second-order valence-corrected chi connectivity index (χ2v) is 8.75. The van der Waals surface area contributed by atoms with Gasteiger partial charge in [0.05, 0.1) is 18.2 Å². The Bertz CT molecular complexity index is 973. The van der Waals surface area contributed by atoms with Crippen molar-refractivity contribution >= 4 is 44.8 Å². The average molecular weight is 429 g/mol. The summed E-state index contributed by atoms with van der Waals surface area (Å²) in [5.74, 6) is -0.449. The van der Waals surface area contributed by atoms with Crippen LogP contribution in [0.1, 0.15) is 15.9 Å². The fraction of sp³-hybridized carbons (Fsp3) is 0.278. The molecule has 0 aliphatic carbocycles. The van der Waals surface area contributed by atoms with E-state index in [1.807, 2.05) is 0 Å². The third kappa shape index (κ3) is 4.28. The first-order valence-electron chi connectivity index (χ1n) is 8.24. The lowest BCUT2D eigenvalue weighted by Crippen LogP contribution is -2.40. The zero-order chi connectivity index (χ0) is 19.6. The molecule has 27 heavy (non-hydrogen) atoms. The van der Waals surface area contributed by atoms with Crippen LogP contribution in [0, 0.1) is 6.92 Å². The van der Waals surface area contributed by atoms with E-state index in [0.29, 0.717) is 23.9 Å². The molecule has 1 aliphatic rings. The van der Waals surface area contributed by atoms with E-state index in [9.17, 15) is 13.2 Å². The number of hydrogen-bond donors (Lipinski definition) is 1. The van der Waals surface area contributed by atoms with Crippen LogP contribution in [0.25, 0.3) is 0 Å². The van der Waals surface area contributed by atoms with Crippen molar-refractivity contribution in [3.63, 3.8) is 0 Å². The van der Waals surface area contributed by atoms with E-state index < -0.39 is 15.9 Å². The maximum absolute atomic E-state index is 12.9. The van der Waals surface area contributed by atoms with Crippen LogP contribution in [0.3, 0.4) is 0 Å². The second kappa shape index (κ2) is 8.16. The lowest BCUT2D eigenvalue weighted by Gasteiger charge is -2.26. The van der Waals surface area contributed by atoms with E-state index >= 15 is 0 Å². The number of benzene rings is 2. The molecule has 0 saturated carbocycles. The average Bonchev–Trinajstić information content (AvgIpc) is 2.66. The highest BCUT2D eigenvalue weighted by atomic mass is 35.5. The van der Waals surface area contributed by atoms with Crippen molar-refractivity contribution in [1.29, 1.82) is 0 Å². The number of nitrogens with one attached hydrogen (secondary N) is 1. The van der Waals surface area contributed by atoms with E-state index in [1.165, 1.54) is 22.5 Å². The number of carbonyl (C=O) groups is 1. The summed E-state index contributed by atoms with van der Waals surface area (Å²) in [5, 5.41) is 3.34. The first-order chi connectivity index (χ1) is 12.8. The van der Waals surface area contributed by atoms with E-state index in [2.05, 4.69) is 5.32 Å². The Kier molecular flexibility index (Phi) is 6.08. The van der Waals surface area contributed by atoms with Gasteiger partial charge in [-0.2, -0.15) is 4.31 Å². The zero-order valence-corrected chi connectivity index (χ0v) is 16.9. The highest BCUT2D eigenvalue weighted by Crippen LogP contribution is 2.28. The first-order valence-corrected chi connectivity index (χ1v) is 10.4. The van der Waals surface area contributed by atoms with Gasteiger partial charge in [-0.25, -0.2) is 8.42 Å². The van der Waals surface area contributed by atoms with Gasteiger partial charge < -0.3 is 10.1 Å². The smallest absolute Gasteiger partial charge is 0.255 e. The molecule has 0 spiro atoms. The van der Waals surface area contributed by atoms with Gasteiger partial charge >= 0.3 is 0 Å². The number of sulfonamides is 1. The summed E-state index contributed by atoms with van der Waals surface area (Å²) >= 11 is 12.2. The SMILES string of the molecule is Cc1c(Cl)cccc1NC(=O)c1ccc(Cl)c(S(=O)(=O)N2CCOCC2)c1. The highest BCUT2D eigenvalue weighted by Gasteiger charge is 2.29. The molecule has 144 valence electrons. The molecule has 1 saturated heterocycles. The predicted molar refractivity (Wildman–Crippen MR) is 105 cm³/mol. The topological polar surface area (TPSA) is 75.7 Å². The molecule has 2 aromatic carbocycles. The summed E-state index contributed by atoms with van der Waals surface area (Å²) < 4.78 is 32.3. The second-order valence-electron chi connectivity index (χ2n) is 6.03. The van der Waals surface area contributed by atoms with E-state index in [1.54, 1.807) is 25.1 Å². The van der Waals surface area contributed by atoms with Crippen LogP contribution in [-0.2, 0) is 14.8 Å². The van der Waals surface area contributed by atoms with Crippen molar-refractivity contribution in [2.75, 3.05) is 31.6 Å². The molecule has 9 heteroatoms. The van der Waals surface area contributed by atoms with Crippen molar-refractivity contribution in [3.8, 4) is 0 Å². The van der Waals surface area contributed by atoms with Crippen LogP contribution >= 0.6 is 23.2 Å². The van der Waals surface area contributed by atoms with Gasteiger partial charge in [-0.05, 0) is 42.8 Å². The van der Waals surface area contributed by atoms with Gasteiger partial charge in [0.1, 0.15) is 4.90 Å². The molecule has 0 bridgehead atoms. The fourth-order valence-electron chi connectivity index (χ4n) is 2.71. The number of ether oxygens (including phenoxy) is 1. The number of carbonyl (C=O) groups excluding carboxylic acids is 1. The monoisotopic (exact) mass is 428 g/mol. The van der Waals surface area contributed by atoms with Crippen LogP contribution < -0.4 is 5.32 Å². The molecule has 0 aromatic heterocycles. The minimum atomic E-state index is -3.82.